The molecule has 0 radical (unpaired) electrons. The Morgan fingerprint density at radius 3 is 2.95 bits per heavy atom. The minimum Gasteiger partial charge on any atom is -0.507 e. The third-order valence-corrected chi connectivity index (χ3v) is 4.36. The van der Waals surface area contributed by atoms with Gasteiger partial charge >= 0.3 is 0 Å². The highest BCUT2D eigenvalue weighted by molar-refractivity contribution is 5.97. The summed E-state index contributed by atoms with van der Waals surface area (Å²) in [7, 11) is 0. The van der Waals surface area contributed by atoms with Crippen LogP contribution in [0.5, 0.6) is 11.5 Å². The van der Waals surface area contributed by atoms with Crippen LogP contribution in [0.4, 0.5) is 0 Å². The van der Waals surface area contributed by atoms with Gasteiger partial charge in [-0.3, -0.25) is 4.79 Å². The summed E-state index contributed by atoms with van der Waals surface area (Å²) in [5.41, 5.74) is 1.11. The fraction of sp³-hybridized carbons (Fsp3) is 0.588. The van der Waals surface area contributed by atoms with Gasteiger partial charge in [0.1, 0.15) is 23.7 Å². The molecule has 1 aliphatic heterocycles. The molecule has 1 saturated heterocycles. The molecule has 114 valence electrons. The molecule has 1 N–H and O–H groups in total. The van der Waals surface area contributed by atoms with Crippen molar-refractivity contribution in [3.8, 4) is 11.5 Å². The Morgan fingerprint density at radius 1 is 1.43 bits per heavy atom. The highest BCUT2D eigenvalue weighted by Gasteiger charge is 2.48. The monoisotopic (exact) mass is 290 g/mol. The van der Waals surface area contributed by atoms with Crippen molar-refractivity contribution < 1.29 is 19.4 Å². The number of epoxide rings is 1. The maximum atomic E-state index is 11.6. The standard InChI is InChI=1S/C17H22O4/c1-3-5-12-13(9-8-11(10(2)18)16(12)19)20-14-6-4-7-15-17(14)21-15/h8-9,14-15,17,19H,3-7H2,1-2H3. The fourth-order valence-electron chi connectivity index (χ4n) is 3.19. The van der Waals surface area contributed by atoms with Crippen LogP contribution < -0.4 is 4.74 Å². The van der Waals surface area contributed by atoms with Crippen molar-refractivity contribution in [2.75, 3.05) is 0 Å². The van der Waals surface area contributed by atoms with Crippen LogP contribution in [0, 0.1) is 0 Å². The van der Waals surface area contributed by atoms with Crippen molar-refractivity contribution in [3.05, 3.63) is 23.3 Å². The van der Waals surface area contributed by atoms with Gasteiger partial charge in [-0.2, -0.15) is 0 Å². The molecule has 3 rings (SSSR count). The summed E-state index contributed by atoms with van der Waals surface area (Å²) >= 11 is 0. The summed E-state index contributed by atoms with van der Waals surface area (Å²) in [5.74, 6) is 0.645. The average Bonchev–Trinajstić information content (AvgIpc) is 3.23. The molecule has 2 aliphatic rings. The summed E-state index contributed by atoms with van der Waals surface area (Å²) in [6, 6.07) is 3.47. The van der Waals surface area contributed by atoms with E-state index in [9.17, 15) is 9.90 Å². The second-order valence-electron chi connectivity index (χ2n) is 5.97. The summed E-state index contributed by atoms with van der Waals surface area (Å²) in [6.07, 6.45) is 5.46. The summed E-state index contributed by atoms with van der Waals surface area (Å²) in [6.45, 7) is 3.51. The van der Waals surface area contributed by atoms with Crippen molar-refractivity contribution in [1.82, 2.24) is 0 Å². The number of rotatable bonds is 5. The lowest BCUT2D eigenvalue weighted by atomic mass is 9.97. The van der Waals surface area contributed by atoms with Crippen molar-refractivity contribution in [1.29, 1.82) is 0 Å². The van der Waals surface area contributed by atoms with E-state index in [1.54, 1.807) is 6.07 Å². The minimum atomic E-state index is -0.125. The van der Waals surface area contributed by atoms with E-state index in [-0.39, 0.29) is 23.7 Å². The molecule has 0 aromatic heterocycles. The smallest absolute Gasteiger partial charge is 0.163 e. The highest BCUT2D eigenvalue weighted by atomic mass is 16.6. The number of carbonyl (C=O) groups excluding carboxylic acids is 1. The van der Waals surface area contributed by atoms with Gasteiger partial charge in [-0.1, -0.05) is 13.3 Å². The minimum absolute atomic E-state index is 0.0712. The first-order valence-electron chi connectivity index (χ1n) is 7.79. The van der Waals surface area contributed by atoms with Crippen LogP contribution in [0.25, 0.3) is 0 Å². The molecule has 0 bridgehead atoms. The molecule has 0 amide bonds. The molecule has 1 heterocycles. The van der Waals surface area contributed by atoms with Crippen LogP contribution >= 0.6 is 0 Å². The van der Waals surface area contributed by atoms with Gasteiger partial charge in [-0.05, 0) is 44.7 Å². The van der Waals surface area contributed by atoms with Crippen LogP contribution in [-0.4, -0.2) is 29.2 Å². The van der Waals surface area contributed by atoms with Crippen LogP contribution in [0.15, 0.2) is 12.1 Å². The molecule has 1 aromatic carbocycles. The zero-order chi connectivity index (χ0) is 15.0. The molecule has 4 nitrogen and oxygen atoms in total. The molecule has 21 heavy (non-hydrogen) atoms. The zero-order valence-electron chi connectivity index (χ0n) is 12.6. The Bertz CT molecular complexity index is 552. The van der Waals surface area contributed by atoms with Gasteiger partial charge in [0, 0.05) is 5.56 Å². The Balaban J connectivity index is 1.86. The number of Topliss-reactive ketones (excluding diaryl/α,β-unsaturated/α-hetero) is 1. The Labute approximate surface area is 125 Å². The van der Waals surface area contributed by atoms with Crippen molar-refractivity contribution in [2.24, 2.45) is 0 Å². The van der Waals surface area contributed by atoms with Crippen LogP contribution in [0.3, 0.4) is 0 Å². The molecule has 0 spiro atoms. The number of hydrogen-bond acceptors (Lipinski definition) is 4. The number of aromatic hydroxyl groups is 1. The van der Waals surface area contributed by atoms with E-state index < -0.39 is 0 Å². The number of ketones is 1. The SMILES string of the molecule is CCCc1c(OC2CCCC3OC23)ccc(C(C)=O)c1O. The van der Waals surface area contributed by atoms with Crippen molar-refractivity contribution in [3.63, 3.8) is 0 Å². The van der Waals surface area contributed by atoms with E-state index in [0.717, 1.165) is 31.2 Å². The first kappa shape index (κ1) is 14.4. The van der Waals surface area contributed by atoms with E-state index >= 15 is 0 Å². The maximum Gasteiger partial charge on any atom is 0.163 e. The van der Waals surface area contributed by atoms with E-state index in [2.05, 4.69) is 0 Å². The number of phenolic OH excluding ortho intramolecular Hbond substituents is 1. The Kier molecular flexibility index (Phi) is 3.89. The van der Waals surface area contributed by atoms with E-state index in [0.29, 0.717) is 23.8 Å². The molecular formula is C17H22O4. The normalized spacial score (nSPS) is 27.0. The largest absolute Gasteiger partial charge is 0.507 e. The van der Waals surface area contributed by atoms with Gasteiger partial charge in [-0.15, -0.1) is 0 Å². The molecule has 1 saturated carbocycles. The van der Waals surface area contributed by atoms with Gasteiger partial charge < -0.3 is 14.6 Å². The second kappa shape index (κ2) is 5.68. The zero-order valence-corrected chi connectivity index (χ0v) is 12.6. The molecule has 1 aromatic rings. The van der Waals surface area contributed by atoms with Crippen LogP contribution in [0.2, 0.25) is 0 Å². The van der Waals surface area contributed by atoms with E-state index in [1.165, 1.54) is 6.92 Å². The molecular weight excluding hydrogens is 268 g/mol. The summed E-state index contributed by atoms with van der Waals surface area (Å²) in [4.78, 5) is 11.6. The molecule has 3 unspecified atom stereocenters. The van der Waals surface area contributed by atoms with Gasteiger partial charge in [0.05, 0.1) is 11.7 Å². The van der Waals surface area contributed by atoms with Crippen molar-refractivity contribution in [2.45, 2.75) is 64.3 Å². The first-order chi connectivity index (χ1) is 10.1. The molecule has 3 atom stereocenters. The number of carbonyl (C=O) groups is 1. The number of benzene rings is 1. The van der Waals surface area contributed by atoms with Crippen LogP contribution in [-0.2, 0) is 11.2 Å². The van der Waals surface area contributed by atoms with Gasteiger partial charge in [-0.25, -0.2) is 0 Å². The quantitative estimate of drug-likeness (QED) is 0.668. The number of phenols is 1. The average molecular weight is 290 g/mol. The van der Waals surface area contributed by atoms with E-state index in [1.807, 2.05) is 13.0 Å². The lowest BCUT2D eigenvalue weighted by Crippen LogP contribution is -2.28. The maximum absolute atomic E-state index is 11.6. The molecule has 1 aliphatic carbocycles. The van der Waals surface area contributed by atoms with Gasteiger partial charge in [0.25, 0.3) is 0 Å². The fourth-order valence-corrected chi connectivity index (χ4v) is 3.19. The van der Waals surface area contributed by atoms with Crippen LogP contribution in [0.1, 0.15) is 55.5 Å². The topological polar surface area (TPSA) is 59.1 Å². The predicted octanol–water partition coefficient (Wildman–Crippen LogP) is 3.25. The first-order valence-corrected chi connectivity index (χ1v) is 7.79. The Hall–Kier alpha value is -1.55. The third-order valence-electron chi connectivity index (χ3n) is 4.36. The number of hydrogen-bond donors (Lipinski definition) is 1. The predicted molar refractivity (Wildman–Crippen MR) is 79.0 cm³/mol. The summed E-state index contributed by atoms with van der Waals surface area (Å²) in [5, 5.41) is 10.3. The van der Waals surface area contributed by atoms with E-state index in [4.69, 9.17) is 9.47 Å². The highest BCUT2D eigenvalue weighted by Crippen LogP contribution is 2.40. The molecule has 2 fully saturated rings. The molecule has 4 heteroatoms. The number of fused-ring (bicyclic) bond motifs is 1. The van der Waals surface area contributed by atoms with Gasteiger partial charge in [0.2, 0.25) is 0 Å². The third kappa shape index (κ3) is 2.77. The lowest BCUT2D eigenvalue weighted by molar-refractivity contribution is 0.101. The summed E-state index contributed by atoms with van der Waals surface area (Å²) < 4.78 is 11.7. The number of ether oxygens (including phenoxy) is 2. The Morgan fingerprint density at radius 2 is 2.24 bits per heavy atom. The van der Waals surface area contributed by atoms with Gasteiger partial charge in [0.15, 0.2) is 5.78 Å². The van der Waals surface area contributed by atoms with Crippen molar-refractivity contribution >= 4 is 5.78 Å². The second-order valence-corrected chi connectivity index (χ2v) is 5.97. The lowest BCUT2D eigenvalue weighted by Gasteiger charge is -2.22.